The van der Waals surface area contributed by atoms with Crippen molar-refractivity contribution in [1.82, 2.24) is 14.8 Å². The lowest BCUT2D eigenvalue weighted by Gasteiger charge is -2.28. The Morgan fingerprint density at radius 2 is 1.66 bits per heavy atom. The number of ether oxygens (including phenoxy) is 2. The molecule has 2 amide bonds. The molecule has 5 rings (SSSR count). The van der Waals surface area contributed by atoms with Crippen LogP contribution >= 0.6 is 0 Å². The lowest BCUT2D eigenvalue weighted by atomic mass is 10.1. The molecule has 44 heavy (non-hydrogen) atoms. The summed E-state index contributed by atoms with van der Waals surface area (Å²) in [5.41, 5.74) is 4.60. The van der Waals surface area contributed by atoms with Crippen molar-refractivity contribution in [3.8, 4) is 11.5 Å². The van der Waals surface area contributed by atoms with Crippen molar-refractivity contribution in [1.29, 1.82) is 0 Å². The normalized spacial score (nSPS) is 10.9. The first-order valence-corrected chi connectivity index (χ1v) is 14.5. The number of carbonyl (C=O) groups excluding carboxylic acids is 2. The zero-order valence-electron chi connectivity index (χ0n) is 25.6. The van der Waals surface area contributed by atoms with E-state index in [1.165, 1.54) is 12.0 Å². The fraction of sp³-hybridized carbons (Fsp3) is 0.257. The molecule has 9 heteroatoms. The highest BCUT2D eigenvalue weighted by Crippen LogP contribution is 2.27. The van der Waals surface area contributed by atoms with Gasteiger partial charge in [0.1, 0.15) is 23.8 Å². The van der Waals surface area contributed by atoms with Crippen LogP contribution in [0.3, 0.4) is 0 Å². The molecule has 2 aromatic heterocycles. The van der Waals surface area contributed by atoms with Gasteiger partial charge >= 0.3 is 0 Å². The molecule has 9 nitrogen and oxygen atoms in total. The average molecular weight is 595 g/mol. The first-order valence-electron chi connectivity index (χ1n) is 14.5. The number of hydrogen-bond donors (Lipinski definition) is 1. The van der Waals surface area contributed by atoms with Gasteiger partial charge in [0.2, 0.25) is 5.91 Å². The summed E-state index contributed by atoms with van der Waals surface area (Å²) in [4.78, 5) is 36.7. The molecule has 0 unspecified atom stereocenters. The molecule has 2 heterocycles. The van der Waals surface area contributed by atoms with Crippen LogP contribution in [0, 0.1) is 0 Å². The molecule has 0 spiro atoms. The van der Waals surface area contributed by atoms with Gasteiger partial charge in [0.05, 0.1) is 32.6 Å². The van der Waals surface area contributed by atoms with Gasteiger partial charge in [-0.1, -0.05) is 30.3 Å². The molecule has 228 valence electrons. The van der Waals surface area contributed by atoms with Crippen LogP contribution in [0.25, 0.3) is 10.9 Å². The van der Waals surface area contributed by atoms with E-state index in [0.29, 0.717) is 42.3 Å². The number of amides is 2. The zero-order chi connectivity index (χ0) is 31.1. The second-order valence-electron chi connectivity index (χ2n) is 10.8. The van der Waals surface area contributed by atoms with Crippen LogP contribution in [0.1, 0.15) is 27.2 Å². The number of aromatic nitrogens is 1. The molecule has 0 aliphatic heterocycles. The summed E-state index contributed by atoms with van der Waals surface area (Å²) in [7, 11) is 7.04. The third-order valence-electron chi connectivity index (χ3n) is 7.68. The minimum absolute atomic E-state index is 0.126. The number of nitrogens with one attached hydrogen (secondary N) is 1. The zero-order valence-corrected chi connectivity index (χ0v) is 25.6. The molecule has 5 aromatic rings. The van der Waals surface area contributed by atoms with Crippen molar-refractivity contribution < 1.29 is 23.5 Å². The topological polar surface area (TPSA) is 91.2 Å². The van der Waals surface area contributed by atoms with Gasteiger partial charge in [-0.15, -0.1) is 0 Å². The molecule has 3 aromatic carbocycles. The Hall–Kier alpha value is -5.18. The molecule has 0 saturated carbocycles. The predicted molar refractivity (Wildman–Crippen MR) is 171 cm³/mol. The van der Waals surface area contributed by atoms with Crippen molar-refractivity contribution in [2.24, 2.45) is 0 Å². The number of methoxy groups -OCH3 is 2. The third-order valence-corrected chi connectivity index (χ3v) is 7.68. The van der Waals surface area contributed by atoms with Crippen molar-refractivity contribution in [3.63, 3.8) is 0 Å². The maximum Gasteiger partial charge on any atom is 0.258 e. The van der Waals surface area contributed by atoms with Gasteiger partial charge in [-0.2, -0.15) is 0 Å². The summed E-state index contributed by atoms with van der Waals surface area (Å²) < 4.78 is 16.4. The van der Waals surface area contributed by atoms with E-state index in [4.69, 9.17) is 13.9 Å². The summed E-state index contributed by atoms with van der Waals surface area (Å²) >= 11 is 0. The van der Waals surface area contributed by atoms with Gasteiger partial charge in [0.15, 0.2) is 0 Å². The first kappa shape index (κ1) is 30.3. The van der Waals surface area contributed by atoms with Crippen molar-refractivity contribution in [2.45, 2.75) is 19.5 Å². The van der Waals surface area contributed by atoms with E-state index >= 15 is 0 Å². The van der Waals surface area contributed by atoms with E-state index in [1.807, 2.05) is 72.6 Å². The maximum absolute atomic E-state index is 14.1. The summed E-state index contributed by atoms with van der Waals surface area (Å²) in [5, 5.41) is 1.14. The molecular formula is C35H38N4O5. The summed E-state index contributed by atoms with van der Waals surface area (Å²) in [6, 6.07) is 24.9. The van der Waals surface area contributed by atoms with Crippen molar-refractivity contribution >= 4 is 28.4 Å². The van der Waals surface area contributed by atoms with Crippen LogP contribution in [0.5, 0.6) is 11.5 Å². The largest absolute Gasteiger partial charge is 0.497 e. The Labute approximate surface area is 257 Å². The number of para-hydroxylation sites is 1. The average Bonchev–Trinajstić information content (AvgIpc) is 3.72. The summed E-state index contributed by atoms with van der Waals surface area (Å²) in [6.07, 6.45) is 4.21. The number of furan rings is 1. The number of fused-ring (bicyclic) bond motifs is 1. The number of benzene rings is 3. The number of carbonyl (C=O) groups is 2. The van der Waals surface area contributed by atoms with Gasteiger partial charge in [0.25, 0.3) is 5.91 Å². The third kappa shape index (κ3) is 7.06. The molecule has 0 atom stereocenters. The van der Waals surface area contributed by atoms with Crippen LogP contribution in [0.2, 0.25) is 0 Å². The van der Waals surface area contributed by atoms with Crippen LogP contribution in [0.15, 0.2) is 95.7 Å². The SMILES string of the molecule is COc1ccc(C(=O)N(CC(=O)N(CCc2c[nH]c3ccccc23)Cc2ccc(N(C)C)cc2)Cc2ccco2)c(OC)c1. The van der Waals surface area contributed by atoms with Crippen LogP contribution in [0.4, 0.5) is 5.69 Å². The molecule has 0 aliphatic carbocycles. The molecule has 1 N–H and O–H groups in total. The second-order valence-corrected chi connectivity index (χ2v) is 10.8. The molecular weight excluding hydrogens is 556 g/mol. The van der Waals surface area contributed by atoms with Gasteiger partial charge in [-0.3, -0.25) is 9.59 Å². The Bertz CT molecular complexity index is 1690. The van der Waals surface area contributed by atoms with Crippen LogP contribution < -0.4 is 14.4 Å². The monoisotopic (exact) mass is 594 g/mol. The first-order chi connectivity index (χ1) is 21.4. The number of H-pyrrole nitrogens is 1. The highest BCUT2D eigenvalue weighted by Gasteiger charge is 2.26. The maximum atomic E-state index is 14.1. The molecule has 0 radical (unpaired) electrons. The lowest BCUT2D eigenvalue weighted by molar-refractivity contribution is -0.132. The van der Waals surface area contributed by atoms with Crippen LogP contribution in [-0.4, -0.2) is 68.0 Å². The fourth-order valence-electron chi connectivity index (χ4n) is 5.20. The Balaban J connectivity index is 1.42. The second kappa shape index (κ2) is 13.9. The van der Waals surface area contributed by atoms with Gasteiger partial charge in [-0.25, -0.2) is 0 Å². The minimum atomic E-state index is -0.346. The number of hydrogen-bond acceptors (Lipinski definition) is 6. The lowest BCUT2D eigenvalue weighted by Crippen LogP contribution is -2.43. The highest BCUT2D eigenvalue weighted by molar-refractivity contribution is 5.99. The van der Waals surface area contributed by atoms with E-state index in [2.05, 4.69) is 11.1 Å². The van der Waals surface area contributed by atoms with Gasteiger partial charge in [-0.05, 0) is 60.0 Å². The molecule has 0 aliphatic rings. The van der Waals surface area contributed by atoms with Crippen molar-refractivity contribution in [3.05, 3.63) is 114 Å². The highest BCUT2D eigenvalue weighted by atomic mass is 16.5. The van der Waals surface area contributed by atoms with E-state index in [-0.39, 0.29) is 24.9 Å². The fourth-order valence-corrected chi connectivity index (χ4v) is 5.20. The number of anilines is 1. The van der Waals surface area contributed by atoms with E-state index in [1.54, 1.807) is 43.7 Å². The van der Waals surface area contributed by atoms with Gasteiger partial charge in [0, 0.05) is 56.0 Å². The van der Waals surface area contributed by atoms with E-state index in [9.17, 15) is 9.59 Å². The number of nitrogens with zero attached hydrogens (tertiary/aromatic N) is 3. The standard InChI is InChI=1S/C35H38N4O5/c1-37(2)27-13-11-25(12-14-27)22-38(18-17-26-21-36-32-10-6-5-9-30(26)32)34(40)24-39(23-29-8-7-19-44-29)35(41)31-16-15-28(42-3)20-33(31)43-4/h5-16,19-21,36H,17-18,22-24H2,1-4H3. The van der Waals surface area contributed by atoms with E-state index < -0.39 is 0 Å². The Kier molecular flexibility index (Phi) is 9.54. The minimum Gasteiger partial charge on any atom is -0.497 e. The molecule has 0 bridgehead atoms. The molecule has 0 saturated heterocycles. The quantitative estimate of drug-likeness (QED) is 0.187. The smallest absolute Gasteiger partial charge is 0.258 e. The summed E-state index contributed by atoms with van der Waals surface area (Å²) in [6.45, 7) is 0.868. The predicted octanol–water partition coefficient (Wildman–Crippen LogP) is 5.76. The van der Waals surface area contributed by atoms with Crippen molar-refractivity contribution in [2.75, 3.05) is 46.3 Å². The molecule has 0 fully saturated rings. The number of rotatable bonds is 13. The Morgan fingerprint density at radius 1 is 0.864 bits per heavy atom. The number of aromatic amines is 1. The van der Waals surface area contributed by atoms with Gasteiger partial charge < -0.3 is 33.6 Å². The summed E-state index contributed by atoms with van der Waals surface area (Å²) in [5.74, 6) is 0.984. The van der Waals surface area contributed by atoms with Crippen LogP contribution in [-0.2, 0) is 24.3 Å². The van der Waals surface area contributed by atoms with E-state index in [0.717, 1.165) is 27.7 Å². The Morgan fingerprint density at radius 3 is 2.36 bits per heavy atom.